The van der Waals surface area contributed by atoms with Crippen LogP contribution in [0.5, 0.6) is 0 Å². The summed E-state index contributed by atoms with van der Waals surface area (Å²) in [5.41, 5.74) is 2.28. The van der Waals surface area contributed by atoms with Gasteiger partial charge in [0.1, 0.15) is 11.4 Å². The molecular formula is C28H33Cl2N3O2. The van der Waals surface area contributed by atoms with Crippen LogP contribution in [0.2, 0.25) is 10.0 Å². The van der Waals surface area contributed by atoms with E-state index in [1.54, 1.807) is 18.2 Å². The van der Waals surface area contributed by atoms with Crippen molar-refractivity contribution in [2.75, 3.05) is 6.54 Å². The molecule has 2 aliphatic rings. The van der Waals surface area contributed by atoms with Gasteiger partial charge in [-0.1, -0.05) is 56.1 Å². The fraction of sp³-hybridized carbons (Fsp3) is 0.464. The number of nitrogens with zero attached hydrogens (tertiary/aromatic N) is 2. The fourth-order valence-corrected chi connectivity index (χ4v) is 5.79. The minimum absolute atomic E-state index is 0.100. The van der Waals surface area contributed by atoms with Gasteiger partial charge >= 0.3 is 0 Å². The molecule has 0 atom stereocenters. The van der Waals surface area contributed by atoms with Crippen LogP contribution in [0.3, 0.4) is 0 Å². The zero-order valence-electron chi connectivity index (χ0n) is 20.8. The fourth-order valence-electron chi connectivity index (χ4n) is 5.27. The number of benzene rings is 2. The van der Waals surface area contributed by atoms with Crippen molar-refractivity contribution in [2.24, 2.45) is 16.3 Å². The number of rotatable bonds is 5. The number of hydrogen-bond donors (Lipinski definition) is 1. The average molecular weight is 514 g/mol. The van der Waals surface area contributed by atoms with E-state index in [0.717, 1.165) is 31.2 Å². The standard InChI is InChI=1S/C28H33Cl2N3O2/c1-5-31-25(34)19-8-6-18(7-9-19)17-33-26(35)24(20-14-22(29)16-23(30)15-20)32-28(33)12-10-21(11-13-28)27(2,3)4/h6-9,14-16,21H,5,10-13,17H2,1-4H3,(H,31,34). The Bertz CT molecular complexity index is 1120. The van der Waals surface area contributed by atoms with Gasteiger partial charge < -0.3 is 10.2 Å². The Morgan fingerprint density at radius 2 is 1.69 bits per heavy atom. The van der Waals surface area contributed by atoms with E-state index in [-0.39, 0.29) is 17.2 Å². The largest absolute Gasteiger partial charge is 0.352 e. The summed E-state index contributed by atoms with van der Waals surface area (Å²) in [5.74, 6) is 0.378. The maximum Gasteiger partial charge on any atom is 0.274 e. The van der Waals surface area contributed by atoms with Crippen molar-refractivity contribution in [3.05, 3.63) is 69.2 Å². The lowest BCUT2D eigenvalue weighted by molar-refractivity contribution is -0.130. The molecule has 1 N–H and O–H groups in total. The van der Waals surface area contributed by atoms with Crippen molar-refractivity contribution in [1.82, 2.24) is 10.2 Å². The third-order valence-electron chi connectivity index (χ3n) is 7.31. The zero-order valence-corrected chi connectivity index (χ0v) is 22.3. The van der Waals surface area contributed by atoms with E-state index >= 15 is 0 Å². The molecule has 7 heteroatoms. The Kier molecular flexibility index (Phi) is 7.31. The van der Waals surface area contributed by atoms with Crippen LogP contribution in [0.4, 0.5) is 0 Å². The van der Waals surface area contributed by atoms with Crippen LogP contribution in [-0.4, -0.2) is 34.6 Å². The molecule has 4 rings (SSSR count). The number of carbonyl (C=O) groups excluding carboxylic acids is 2. The maximum absolute atomic E-state index is 13.8. The highest BCUT2D eigenvalue weighted by Gasteiger charge is 2.50. The molecule has 1 aliphatic carbocycles. The van der Waals surface area contributed by atoms with Gasteiger partial charge in [-0.2, -0.15) is 0 Å². The van der Waals surface area contributed by atoms with Crippen molar-refractivity contribution in [3.63, 3.8) is 0 Å². The van der Waals surface area contributed by atoms with Crippen LogP contribution < -0.4 is 5.32 Å². The van der Waals surface area contributed by atoms with Crippen LogP contribution in [0.25, 0.3) is 0 Å². The Morgan fingerprint density at radius 1 is 1.09 bits per heavy atom. The van der Waals surface area contributed by atoms with E-state index in [9.17, 15) is 9.59 Å². The Hall–Kier alpha value is -2.37. The summed E-state index contributed by atoms with van der Waals surface area (Å²) in [6.45, 7) is 9.75. The minimum Gasteiger partial charge on any atom is -0.352 e. The molecule has 0 unspecified atom stereocenters. The predicted octanol–water partition coefficient (Wildman–Crippen LogP) is 6.51. The van der Waals surface area contributed by atoms with Crippen LogP contribution in [0.1, 0.15) is 74.9 Å². The second kappa shape index (κ2) is 9.94. The SMILES string of the molecule is CCNC(=O)c1ccc(CN2C(=O)C(c3cc(Cl)cc(Cl)c3)=NC23CCC(C(C)(C)C)CC3)cc1. The highest BCUT2D eigenvalue weighted by atomic mass is 35.5. The van der Waals surface area contributed by atoms with E-state index < -0.39 is 5.66 Å². The summed E-state index contributed by atoms with van der Waals surface area (Å²) >= 11 is 12.5. The van der Waals surface area contributed by atoms with Gasteiger partial charge in [-0.15, -0.1) is 0 Å². The van der Waals surface area contributed by atoms with E-state index in [1.165, 1.54) is 0 Å². The lowest BCUT2D eigenvalue weighted by atomic mass is 9.69. The number of carbonyl (C=O) groups is 2. The quantitative estimate of drug-likeness (QED) is 0.495. The highest BCUT2D eigenvalue weighted by Crippen LogP contribution is 2.47. The summed E-state index contributed by atoms with van der Waals surface area (Å²) in [4.78, 5) is 32.9. The van der Waals surface area contributed by atoms with E-state index in [0.29, 0.717) is 45.9 Å². The van der Waals surface area contributed by atoms with E-state index in [2.05, 4.69) is 26.1 Å². The van der Waals surface area contributed by atoms with Crippen molar-refractivity contribution < 1.29 is 9.59 Å². The number of amides is 2. The molecule has 1 aliphatic heterocycles. The van der Waals surface area contributed by atoms with Crippen LogP contribution >= 0.6 is 23.2 Å². The molecule has 2 aromatic rings. The first kappa shape index (κ1) is 25.7. The zero-order chi connectivity index (χ0) is 25.4. The molecular weight excluding hydrogens is 481 g/mol. The van der Waals surface area contributed by atoms with E-state index in [4.69, 9.17) is 28.2 Å². The van der Waals surface area contributed by atoms with Gasteiger partial charge in [0.15, 0.2) is 0 Å². The molecule has 0 bridgehead atoms. The first-order chi connectivity index (χ1) is 16.5. The molecule has 1 fully saturated rings. The topological polar surface area (TPSA) is 61.8 Å². The third kappa shape index (κ3) is 5.41. The highest BCUT2D eigenvalue weighted by molar-refractivity contribution is 6.47. The van der Waals surface area contributed by atoms with Gasteiger partial charge in [0.05, 0.1) is 0 Å². The van der Waals surface area contributed by atoms with Gasteiger partial charge in [0, 0.05) is 34.3 Å². The smallest absolute Gasteiger partial charge is 0.274 e. The van der Waals surface area contributed by atoms with Gasteiger partial charge in [0.25, 0.3) is 11.8 Å². The third-order valence-corrected chi connectivity index (χ3v) is 7.75. The summed E-state index contributed by atoms with van der Waals surface area (Å²) in [6.07, 6.45) is 3.65. The average Bonchev–Trinajstić information content (AvgIpc) is 3.05. The maximum atomic E-state index is 13.8. The lowest BCUT2D eigenvalue weighted by Crippen LogP contribution is -2.49. The van der Waals surface area contributed by atoms with Crippen molar-refractivity contribution in [3.8, 4) is 0 Å². The first-order valence-electron chi connectivity index (χ1n) is 12.3. The Balaban J connectivity index is 1.65. The monoisotopic (exact) mass is 513 g/mol. The summed E-state index contributed by atoms with van der Waals surface area (Å²) in [7, 11) is 0. The van der Waals surface area contributed by atoms with Crippen LogP contribution in [0.15, 0.2) is 47.5 Å². The van der Waals surface area contributed by atoms with Gasteiger partial charge in [-0.05, 0) is 79.8 Å². The van der Waals surface area contributed by atoms with Crippen molar-refractivity contribution in [2.45, 2.75) is 65.6 Å². The van der Waals surface area contributed by atoms with E-state index in [1.807, 2.05) is 36.1 Å². The number of nitrogens with one attached hydrogen (secondary N) is 1. The molecule has 5 nitrogen and oxygen atoms in total. The van der Waals surface area contributed by atoms with Gasteiger partial charge in [-0.3, -0.25) is 14.6 Å². The van der Waals surface area contributed by atoms with Gasteiger partial charge in [-0.25, -0.2) is 0 Å². The number of halogens is 2. The molecule has 1 saturated carbocycles. The second-order valence-electron chi connectivity index (χ2n) is 10.7. The molecule has 1 spiro atoms. The lowest BCUT2D eigenvalue weighted by Gasteiger charge is -2.44. The summed E-state index contributed by atoms with van der Waals surface area (Å²) in [6, 6.07) is 12.6. The first-order valence-corrected chi connectivity index (χ1v) is 13.0. The van der Waals surface area contributed by atoms with Gasteiger partial charge in [0.2, 0.25) is 0 Å². The number of hydrogen-bond acceptors (Lipinski definition) is 3. The molecule has 2 aromatic carbocycles. The predicted molar refractivity (Wildman–Crippen MR) is 142 cm³/mol. The Labute approximate surface area is 217 Å². The second-order valence-corrected chi connectivity index (χ2v) is 11.6. The van der Waals surface area contributed by atoms with Crippen LogP contribution in [0, 0.1) is 11.3 Å². The number of aliphatic imine (C=N–C) groups is 1. The molecule has 186 valence electrons. The normalized spacial score (nSPS) is 22.5. The minimum atomic E-state index is -0.582. The Morgan fingerprint density at radius 3 is 2.23 bits per heavy atom. The molecule has 1 heterocycles. The molecule has 0 saturated heterocycles. The summed E-state index contributed by atoms with van der Waals surface area (Å²) in [5, 5.41) is 3.77. The molecule has 2 amide bonds. The van der Waals surface area contributed by atoms with Crippen molar-refractivity contribution >= 4 is 40.7 Å². The van der Waals surface area contributed by atoms with Crippen LogP contribution in [-0.2, 0) is 11.3 Å². The van der Waals surface area contributed by atoms with Crippen molar-refractivity contribution in [1.29, 1.82) is 0 Å². The molecule has 0 aromatic heterocycles. The molecule has 0 radical (unpaired) electrons. The summed E-state index contributed by atoms with van der Waals surface area (Å²) < 4.78 is 0. The molecule has 35 heavy (non-hydrogen) atoms.